The molecule has 2 aromatic carbocycles. The molecule has 0 spiro atoms. The molecule has 0 N–H and O–H groups in total. The van der Waals surface area contributed by atoms with E-state index in [9.17, 15) is 13.2 Å². The van der Waals surface area contributed by atoms with Crippen LogP contribution < -0.4 is 9.47 Å². The van der Waals surface area contributed by atoms with Crippen LogP contribution in [0.5, 0.6) is 11.5 Å². The maximum atomic E-state index is 12.7. The highest BCUT2D eigenvalue weighted by atomic mass is 32.2. The molecule has 0 unspecified atom stereocenters. The van der Waals surface area contributed by atoms with Crippen LogP contribution in [-0.4, -0.2) is 68.7 Å². The summed E-state index contributed by atoms with van der Waals surface area (Å²) < 4.78 is 37.9. The average molecular weight is 449 g/mol. The summed E-state index contributed by atoms with van der Waals surface area (Å²) in [5.74, 6) is 1.73. The molecule has 1 amide bonds. The van der Waals surface area contributed by atoms with E-state index >= 15 is 0 Å². The van der Waals surface area contributed by atoms with Gasteiger partial charge in [0.1, 0.15) is 13.2 Å². The Morgan fingerprint density at radius 1 is 0.933 bits per heavy atom. The van der Waals surface area contributed by atoms with Crippen molar-refractivity contribution >= 4 is 27.7 Å². The Morgan fingerprint density at radius 3 is 2.37 bits per heavy atom. The van der Waals surface area contributed by atoms with E-state index in [1.165, 1.54) is 16.1 Å². The first-order chi connectivity index (χ1) is 14.5. The number of hydrogen-bond donors (Lipinski definition) is 0. The van der Waals surface area contributed by atoms with Gasteiger partial charge in [-0.3, -0.25) is 4.79 Å². The van der Waals surface area contributed by atoms with Gasteiger partial charge in [0.15, 0.2) is 11.5 Å². The first kappa shape index (κ1) is 21.0. The number of fused-ring (bicyclic) bond motifs is 1. The molecule has 0 radical (unpaired) electrons. The van der Waals surface area contributed by atoms with Crippen LogP contribution in [0.3, 0.4) is 0 Å². The summed E-state index contributed by atoms with van der Waals surface area (Å²) in [6, 6.07) is 14.8. The lowest BCUT2D eigenvalue weighted by atomic mass is 10.2. The molecule has 0 saturated carbocycles. The number of ether oxygens (including phenoxy) is 2. The van der Waals surface area contributed by atoms with Crippen molar-refractivity contribution in [2.24, 2.45) is 0 Å². The third kappa shape index (κ3) is 5.08. The minimum atomic E-state index is -3.39. The SMILES string of the molecule is O=C(CSc1ccc2c(c1)OCCO2)N1CCN(S(=O)(=O)Cc2ccccc2)CC1. The fourth-order valence-corrected chi connectivity index (χ4v) is 5.78. The number of nitrogens with zero attached hydrogens (tertiary/aromatic N) is 2. The number of rotatable bonds is 6. The van der Waals surface area contributed by atoms with Gasteiger partial charge in [0, 0.05) is 31.1 Å². The molecule has 0 atom stereocenters. The quantitative estimate of drug-likeness (QED) is 0.631. The molecule has 0 aromatic heterocycles. The Balaban J connectivity index is 1.27. The molecule has 160 valence electrons. The van der Waals surface area contributed by atoms with Crippen LogP contribution in [0, 0.1) is 0 Å². The van der Waals surface area contributed by atoms with Crippen molar-refractivity contribution in [3.05, 3.63) is 54.1 Å². The summed E-state index contributed by atoms with van der Waals surface area (Å²) in [7, 11) is -3.39. The van der Waals surface area contributed by atoms with Crippen LogP contribution in [0.25, 0.3) is 0 Å². The molecule has 4 rings (SSSR count). The maximum absolute atomic E-state index is 12.7. The summed E-state index contributed by atoms with van der Waals surface area (Å²) >= 11 is 1.44. The van der Waals surface area contributed by atoms with Gasteiger partial charge in [0.2, 0.25) is 15.9 Å². The minimum absolute atomic E-state index is 0.00926. The van der Waals surface area contributed by atoms with Gasteiger partial charge in [0.05, 0.1) is 11.5 Å². The zero-order valence-electron chi connectivity index (χ0n) is 16.5. The Morgan fingerprint density at radius 2 is 1.63 bits per heavy atom. The molecule has 0 bridgehead atoms. The minimum Gasteiger partial charge on any atom is -0.486 e. The summed E-state index contributed by atoms with van der Waals surface area (Å²) in [6.07, 6.45) is 0. The van der Waals surface area contributed by atoms with E-state index in [1.54, 1.807) is 4.90 Å². The summed E-state index contributed by atoms with van der Waals surface area (Å²) in [4.78, 5) is 15.3. The summed E-state index contributed by atoms with van der Waals surface area (Å²) in [5, 5.41) is 0. The summed E-state index contributed by atoms with van der Waals surface area (Å²) in [6.45, 7) is 2.55. The second-order valence-electron chi connectivity index (χ2n) is 7.12. The number of benzene rings is 2. The zero-order valence-corrected chi connectivity index (χ0v) is 18.2. The predicted octanol–water partition coefficient (Wildman–Crippen LogP) is 2.22. The Hall–Kier alpha value is -2.23. The van der Waals surface area contributed by atoms with E-state index in [0.29, 0.717) is 50.9 Å². The Kier molecular flexibility index (Phi) is 6.50. The average Bonchev–Trinajstić information content (AvgIpc) is 2.78. The number of carbonyl (C=O) groups excluding carboxylic acids is 1. The second-order valence-corrected chi connectivity index (χ2v) is 10.1. The summed E-state index contributed by atoms with van der Waals surface area (Å²) in [5.41, 5.74) is 0.770. The smallest absolute Gasteiger partial charge is 0.233 e. The molecule has 1 fully saturated rings. The van der Waals surface area contributed by atoms with Crippen molar-refractivity contribution in [2.45, 2.75) is 10.6 Å². The maximum Gasteiger partial charge on any atom is 0.233 e. The lowest BCUT2D eigenvalue weighted by Gasteiger charge is -2.34. The number of sulfonamides is 1. The monoisotopic (exact) mass is 448 g/mol. The van der Waals surface area contributed by atoms with Gasteiger partial charge in [-0.05, 0) is 23.8 Å². The van der Waals surface area contributed by atoms with Crippen molar-refractivity contribution < 1.29 is 22.7 Å². The first-order valence-electron chi connectivity index (χ1n) is 9.83. The highest BCUT2D eigenvalue weighted by molar-refractivity contribution is 8.00. The van der Waals surface area contributed by atoms with Crippen molar-refractivity contribution in [2.75, 3.05) is 45.1 Å². The predicted molar refractivity (Wildman–Crippen MR) is 115 cm³/mol. The first-order valence-corrected chi connectivity index (χ1v) is 12.4. The van der Waals surface area contributed by atoms with E-state index in [-0.39, 0.29) is 11.7 Å². The van der Waals surface area contributed by atoms with Crippen LogP contribution in [0.2, 0.25) is 0 Å². The van der Waals surface area contributed by atoms with Gasteiger partial charge in [0.25, 0.3) is 0 Å². The number of carbonyl (C=O) groups is 1. The molecule has 2 aromatic rings. The highest BCUT2D eigenvalue weighted by Gasteiger charge is 2.29. The standard InChI is InChI=1S/C21H24N2O5S2/c24-21(15-29-18-6-7-19-20(14-18)28-13-12-27-19)22-8-10-23(11-9-22)30(25,26)16-17-4-2-1-3-5-17/h1-7,14H,8-13,15-16H2. The topological polar surface area (TPSA) is 76.2 Å². The van der Waals surface area contributed by atoms with Crippen LogP contribution >= 0.6 is 11.8 Å². The van der Waals surface area contributed by atoms with Crippen molar-refractivity contribution in [1.29, 1.82) is 0 Å². The molecule has 2 heterocycles. The Bertz CT molecular complexity index is 990. The van der Waals surface area contributed by atoms with Crippen LogP contribution in [0.4, 0.5) is 0 Å². The van der Waals surface area contributed by atoms with Crippen molar-refractivity contribution in [3.63, 3.8) is 0 Å². The van der Waals surface area contributed by atoms with Crippen LogP contribution in [-0.2, 0) is 20.6 Å². The normalized spacial score (nSPS) is 17.0. The number of piperazine rings is 1. The van der Waals surface area contributed by atoms with Crippen molar-refractivity contribution in [1.82, 2.24) is 9.21 Å². The van der Waals surface area contributed by atoms with Gasteiger partial charge < -0.3 is 14.4 Å². The van der Waals surface area contributed by atoms with Crippen LogP contribution in [0.1, 0.15) is 5.56 Å². The third-order valence-corrected chi connectivity index (χ3v) is 7.88. The molecule has 7 nitrogen and oxygen atoms in total. The number of hydrogen-bond acceptors (Lipinski definition) is 6. The van der Waals surface area contributed by atoms with Gasteiger partial charge in [-0.15, -0.1) is 11.8 Å². The van der Waals surface area contributed by atoms with E-state index < -0.39 is 10.0 Å². The molecule has 0 aliphatic carbocycles. The molecule has 2 aliphatic heterocycles. The van der Waals surface area contributed by atoms with Gasteiger partial charge in [-0.25, -0.2) is 8.42 Å². The van der Waals surface area contributed by atoms with E-state index in [4.69, 9.17) is 9.47 Å². The fraction of sp³-hybridized carbons (Fsp3) is 0.381. The molecule has 9 heteroatoms. The highest BCUT2D eigenvalue weighted by Crippen LogP contribution is 2.34. The zero-order chi connectivity index (χ0) is 21.0. The molecule has 30 heavy (non-hydrogen) atoms. The van der Waals surface area contributed by atoms with Crippen molar-refractivity contribution in [3.8, 4) is 11.5 Å². The molecular weight excluding hydrogens is 424 g/mol. The van der Waals surface area contributed by atoms with Gasteiger partial charge >= 0.3 is 0 Å². The number of thioether (sulfide) groups is 1. The van der Waals surface area contributed by atoms with Gasteiger partial charge in [-0.1, -0.05) is 30.3 Å². The molecule has 1 saturated heterocycles. The van der Waals surface area contributed by atoms with Crippen LogP contribution in [0.15, 0.2) is 53.4 Å². The lowest BCUT2D eigenvalue weighted by Crippen LogP contribution is -2.51. The second kappa shape index (κ2) is 9.28. The molecule has 2 aliphatic rings. The van der Waals surface area contributed by atoms with E-state index in [2.05, 4.69) is 0 Å². The Labute approximate surface area is 181 Å². The molecular formula is C21H24N2O5S2. The lowest BCUT2D eigenvalue weighted by molar-refractivity contribution is -0.129. The van der Waals surface area contributed by atoms with Gasteiger partial charge in [-0.2, -0.15) is 4.31 Å². The largest absolute Gasteiger partial charge is 0.486 e. The number of amides is 1. The van der Waals surface area contributed by atoms with E-state index in [1.807, 2.05) is 48.5 Å². The third-order valence-electron chi connectivity index (χ3n) is 5.05. The fourth-order valence-electron chi connectivity index (χ4n) is 3.44. The van der Waals surface area contributed by atoms with E-state index in [0.717, 1.165) is 16.2 Å².